The zero-order chi connectivity index (χ0) is 12.3. The molecule has 0 spiro atoms. The Hall–Kier alpha value is -1.23. The summed E-state index contributed by atoms with van der Waals surface area (Å²) < 4.78 is 1.15. The highest BCUT2D eigenvalue weighted by atomic mass is 127. The van der Waals surface area contributed by atoms with Crippen LogP contribution in [0.25, 0.3) is 0 Å². The predicted molar refractivity (Wildman–Crippen MR) is 82.1 cm³/mol. The van der Waals surface area contributed by atoms with Gasteiger partial charge < -0.3 is 11.1 Å². The van der Waals surface area contributed by atoms with Gasteiger partial charge in [-0.2, -0.15) is 0 Å². The van der Waals surface area contributed by atoms with Crippen molar-refractivity contribution in [2.24, 2.45) is 0 Å². The van der Waals surface area contributed by atoms with Crippen LogP contribution in [0, 0.1) is 10.5 Å². The van der Waals surface area contributed by atoms with Crippen LogP contribution >= 0.6 is 22.6 Å². The molecule has 0 aliphatic heterocycles. The quantitative estimate of drug-likeness (QED) is 0.660. The molecule has 0 radical (unpaired) electrons. The van der Waals surface area contributed by atoms with Gasteiger partial charge in [0.25, 0.3) is 0 Å². The Morgan fingerprint density at radius 1 is 1.18 bits per heavy atom. The molecule has 2 nitrogen and oxygen atoms in total. The van der Waals surface area contributed by atoms with E-state index < -0.39 is 0 Å². The van der Waals surface area contributed by atoms with E-state index in [1.54, 1.807) is 0 Å². The van der Waals surface area contributed by atoms with Crippen LogP contribution in [0.1, 0.15) is 11.1 Å². The van der Waals surface area contributed by atoms with Crippen LogP contribution in [-0.2, 0) is 6.54 Å². The molecule has 0 saturated heterocycles. The minimum atomic E-state index is 0.796. The maximum Gasteiger partial charge on any atom is 0.0577 e. The fourth-order valence-electron chi connectivity index (χ4n) is 1.71. The second-order valence-corrected chi connectivity index (χ2v) is 5.32. The Kier molecular flexibility index (Phi) is 3.89. The standard InChI is InChI=1S/C14H15IN2/c1-10-3-2-4-11(7-10)9-17-14-6-5-12(15)8-13(14)16/h2-8,17H,9,16H2,1H3. The van der Waals surface area contributed by atoms with Crippen LogP contribution in [0.3, 0.4) is 0 Å². The molecule has 0 amide bonds. The van der Waals surface area contributed by atoms with Crippen molar-refractivity contribution in [1.82, 2.24) is 0 Å². The predicted octanol–water partition coefficient (Wildman–Crippen LogP) is 3.79. The van der Waals surface area contributed by atoms with Gasteiger partial charge in [-0.25, -0.2) is 0 Å². The van der Waals surface area contributed by atoms with E-state index in [0.717, 1.165) is 21.5 Å². The Balaban J connectivity index is 2.07. The number of halogens is 1. The van der Waals surface area contributed by atoms with Crippen LogP contribution in [0.4, 0.5) is 11.4 Å². The van der Waals surface area contributed by atoms with Crippen molar-refractivity contribution in [3.8, 4) is 0 Å². The number of benzene rings is 2. The first kappa shape index (κ1) is 12.2. The minimum absolute atomic E-state index is 0.796. The van der Waals surface area contributed by atoms with Crippen molar-refractivity contribution in [1.29, 1.82) is 0 Å². The molecule has 0 heterocycles. The molecule has 0 aromatic heterocycles. The summed E-state index contributed by atoms with van der Waals surface area (Å²) in [5.41, 5.74) is 10.3. The van der Waals surface area contributed by atoms with Gasteiger partial charge in [-0.3, -0.25) is 0 Å². The molecule has 0 saturated carbocycles. The van der Waals surface area contributed by atoms with Gasteiger partial charge >= 0.3 is 0 Å². The third kappa shape index (κ3) is 3.36. The summed E-state index contributed by atoms with van der Waals surface area (Å²) in [7, 11) is 0. The molecule has 0 bridgehead atoms. The third-order valence-electron chi connectivity index (χ3n) is 2.58. The molecule has 88 valence electrons. The maximum absolute atomic E-state index is 5.95. The largest absolute Gasteiger partial charge is 0.397 e. The second-order valence-electron chi connectivity index (χ2n) is 4.07. The van der Waals surface area contributed by atoms with E-state index in [0.29, 0.717) is 0 Å². The summed E-state index contributed by atoms with van der Waals surface area (Å²) in [6, 6.07) is 14.5. The van der Waals surface area contributed by atoms with Crippen molar-refractivity contribution >= 4 is 34.0 Å². The highest BCUT2D eigenvalue weighted by Gasteiger charge is 1.99. The summed E-state index contributed by atoms with van der Waals surface area (Å²) in [6.07, 6.45) is 0. The van der Waals surface area contributed by atoms with Gasteiger partial charge in [-0.15, -0.1) is 0 Å². The molecule has 3 N–H and O–H groups in total. The lowest BCUT2D eigenvalue weighted by Crippen LogP contribution is -2.02. The number of anilines is 2. The van der Waals surface area contributed by atoms with E-state index in [9.17, 15) is 0 Å². The molecule has 17 heavy (non-hydrogen) atoms. The summed E-state index contributed by atoms with van der Waals surface area (Å²) in [4.78, 5) is 0. The van der Waals surface area contributed by atoms with Gasteiger partial charge in [0.15, 0.2) is 0 Å². The van der Waals surface area contributed by atoms with Crippen molar-refractivity contribution in [2.75, 3.05) is 11.1 Å². The lowest BCUT2D eigenvalue weighted by molar-refractivity contribution is 1.14. The van der Waals surface area contributed by atoms with E-state index in [2.05, 4.69) is 65.2 Å². The molecule has 0 aliphatic carbocycles. The average molecular weight is 338 g/mol. The van der Waals surface area contributed by atoms with Crippen molar-refractivity contribution in [3.63, 3.8) is 0 Å². The van der Waals surface area contributed by atoms with E-state index in [4.69, 9.17) is 5.73 Å². The molecular formula is C14H15IN2. The van der Waals surface area contributed by atoms with Crippen LogP contribution in [-0.4, -0.2) is 0 Å². The Morgan fingerprint density at radius 2 is 2.00 bits per heavy atom. The van der Waals surface area contributed by atoms with Gasteiger partial charge in [0.2, 0.25) is 0 Å². The smallest absolute Gasteiger partial charge is 0.0577 e. The monoisotopic (exact) mass is 338 g/mol. The van der Waals surface area contributed by atoms with E-state index in [1.807, 2.05) is 12.1 Å². The lowest BCUT2D eigenvalue weighted by atomic mass is 10.1. The average Bonchev–Trinajstić information content (AvgIpc) is 2.28. The topological polar surface area (TPSA) is 38.0 Å². The summed E-state index contributed by atoms with van der Waals surface area (Å²) in [5.74, 6) is 0. The van der Waals surface area contributed by atoms with E-state index >= 15 is 0 Å². The van der Waals surface area contributed by atoms with Crippen molar-refractivity contribution < 1.29 is 0 Å². The first-order chi connectivity index (χ1) is 8.15. The summed E-state index contributed by atoms with van der Waals surface area (Å²) >= 11 is 2.26. The number of nitrogens with one attached hydrogen (secondary N) is 1. The van der Waals surface area contributed by atoms with Gasteiger partial charge in [-0.1, -0.05) is 29.8 Å². The van der Waals surface area contributed by atoms with Crippen LogP contribution in [0.2, 0.25) is 0 Å². The third-order valence-corrected chi connectivity index (χ3v) is 3.25. The molecule has 0 atom stereocenters. The molecule has 0 fully saturated rings. The molecule has 2 aromatic rings. The number of rotatable bonds is 3. The number of nitrogen functional groups attached to an aromatic ring is 1. The summed E-state index contributed by atoms with van der Waals surface area (Å²) in [5, 5.41) is 3.36. The van der Waals surface area contributed by atoms with Crippen molar-refractivity contribution in [3.05, 3.63) is 57.2 Å². The van der Waals surface area contributed by atoms with Crippen LogP contribution in [0.5, 0.6) is 0 Å². The molecule has 2 aromatic carbocycles. The van der Waals surface area contributed by atoms with Crippen molar-refractivity contribution in [2.45, 2.75) is 13.5 Å². The van der Waals surface area contributed by atoms with Gasteiger partial charge in [0.1, 0.15) is 0 Å². The zero-order valence-electron chi connectivity index (χ0n) is 9.70. The second kappa shape index (κ2) is 5.40. The first-order valence-corrected chi connectivity index (χ1v) is 6.57. The normalized spacial score (nSPS) is 10.2. The first-order valence-electron chi connectivity index (χ1n) is 5.49. The molecular weight excluding hydrogens is 323 g/mol. The van der Waals surface area contributed by atoms with Gasteiger partial charge in [-0.05, 0) is 53.3 Å². The molecule has 0 aliphatic rings. The molecule has 2 rings (SSSR count). The highest BCUT2D eigenvalue weighted by Crippen LogP contribution is 2.21. The minimum Gasteiger partial charge on any atom is -0.397 e. The Morgan fingerprint density at radius 3 is 2.71 bits per heavy atom. The lowest BCUT2D eigenvalue weighted by Gasteiger charge is -2.10. The van der Waals surface area contributed by atoms with Gasteiger partial charge in [0, 0.05) is 10.1 Å². The number of hydrogen-bond donors (Lipinski definition) is 2. The fraction of sp³-hybridized carbons (Fsp3) is 0.143. The fourth-order valence-corrected chi connectivity index (χ4v) is 2.23. The van der Waals surface area contributed by atoms with E-state index in [-0.39, 0.29) is 0 Å². The Labute approximate surface area is 115 Å². The molecule has 0 unspecified atom stereocenters. The van der Waals surface area contributed by atoms with Crippen LogP contribution < -0.4 is 11.1 Å². The van der Waals surface area contributed by atoms with E-state index in [1.165, 1.54) is 11.1 Å². The Bertz CT molecular complexity index is 523. The number of hydrogen-bond acceptors (Lipinski definition) is 2. The zero-order valence-corrected chi connectivity index (χ0v) is 11.9. The SMILES string of the molecule is Cc1cccc(CNc2ccc(I)cc2N)c1. The number of nitrogens with two attached hydrogens (primary N) is 1. The maximum atomic E-state index is 5.95. The molecule has 3 heteroatoms. The van der Waals surface area contributed by atoms with Gasteiger partial charge in [0.05, 0.1) is 11.4 Å². The number of aryl methyl sites for hydroxylation is 1. The van der Waals surface area contributed by atoms with Crippen LogP contribution in [0.15, 0.2) is 42.5 Å². The summed E-state index contributed by atoms with van der Waals surface area (Å²) in [6.45, 7) is 2.90. The highest BCUT2D eigenvalue weighted by molar-refractivity contribution is 14.1.